The molecule has 3 nitrogen and oxygen atoms in total. The molecule has 0 aliphatic carbocycles. The van der Waals surface area contributed by atoms with Crippen LogP contribution in [-0.2, 0) is 4.74 Å². The number of halogens is 1. The molecule has 0 saturated carbocycles. The van der Waals surface area contributed by atoms with Gasteiger partial charge in [-0.05, 0) is 46.0 Å². The number of hydrogen-bond donors (Lipinski definition) is 1. The minimum absolute atomic E-state index is 0.195. The number of carbonyl (C=O) groups excluding carboxylic acids is 1. The molecular formula is C12H15BrO3. The summed E-state index contributed by atoms with van der Waals surface area (Å²) >= 11 is 3.23. The second-order valence-electron chi connectivity index (χ2n) is 3.70. The number of aromatic hydroxyl groups is 1. The molecule has 4 heteroatoms. The third-order valence-electron chi connectivity index (χ3n) is 2.66. The van der Waals surface area contributed by atoms with E-state index in [1.54, 1.807) is 12.1 Å². The second-order valence-corrected chi connectivity index (χ2v) is 4.55. The monoisotopic (exact) mass is 286 g/mol. The number of rotatable bonds is 3. The molecule has 0 saturated heterocycles. The molecule has 0 bridgehead atoms. The third kappa shape index (κ3) is 2.55. The number of esters is 1. The van der Waals surface area contributed by atoms with Crippen molar-refractivity contribution in [3.63, 3.8) is 0 Å². The standard InChI is InChI=1S/C12H15BrO3/c1-4-7(2)9-5-8(12(15)16-3)6-10(13)11(9)14/h5-7,14H,4H2,1-3H3. The molecule has 1 aromatic rings. The van der Waals surface area contributed by atoms with E-state index in [1.165, 1.54) is 7.11 Å². The topological polar surface area (TPSA) is 46.5 Å². The van der Waals surface area contributed by atoms with Crippen molar-refractivity contribution >= 4 is 21.9 Å². The highest BCUT2D eigenvalue weighted by atomic mass is 79.9. The molecule has 0 amide bonds. The van der Waals surface area contributed by atoms with Crippen molar-refractivity contribution < 1.29 is 14.6 Å². The molecule has 0 fully saturated rings. The SMILES string of the molecule is CCC(C)c1cc(C(=O)OC)cc(Br)c1O. The van der Waals surface area contributed by atoms with Gasteiger partial charge in [0.2, 0.25) is 0 Å². The van der Waals surface area contributed by atoms with Crippen LogP contribution in [0, 0.1) is 0 Å². The maximum absolute atomic E-state index is 11.4. The van der Waals surface area contributed by atoms with Crippen LogP contribution in [0.2, 0.25) is 0 Å². The van der Waals surface area contributed by atoms with Crippen molar-refractivity contribution in [2.75, 3.05) is 7.11 Å². The van der Waals surface area contributed by atoms with E-state index in [-0.39, 0.29) is 11.7 Å². The molecule has 88 valence electrons. The van der Waals surface area contributed by atoms with E-state index in [1.807, 2.05) is 13.8 Å². The third-order valence-corrected chi connectivity index (χ3v) is 3.26. The van der Waals surface area contributed by atoms with Gasteiger partial charge in [0, 0.05) is 0 Å². The Hall–Kier alpha value is -1.03. The van der Waals surface area contributed by atoms with E-state index in [0.717, 1.165) is 12.0 Å². The number of benzene rings is 1. The van der Waals surface area contributed by atoms with E-state index in [4.69, 9.17) is 0 Å². The number of phenols is 1. The first-order valence-corrected chi connectivity index (χ1v) is 5.91. The van der Waals surface area contributed by atoms with E-state index in [0.29, 0.717) is 10.0 Å². The highest BCUT2D eigenvalue weighted by Gasteiger charge is 2.16. The fourth-order valence-corrected chi connectivity index (χ4v) is 1.93. The van der Waals surface area contributed by atoms with Gasteiger partial charge in [-0.2, -0.15) is 0 Å². The molecule has 1 aromatic carbocycles. The van der Waals surface area contributed by atoms with Crippen LogP contribution in [0.4, 0.5) is 0 Å². The summed E-state index contributed by atoms with van der Waals surface area (Å²) in [5, 5.41) is 9.88. The van der Waals surface area contributed by atoms with Crippen LogP contribution in [-0.4, -0.2) is 18.2 Å². The van der Waals surface area contributed by atoms with Crippen LogP contribution in [0.5, 0.6) is 5.75 Å². The smallest absolute Gasteiger partial charge is 0.337 e. The second kappa shape index (κ2) is 5.34. The lowest BCUT2D eigenvalue weighted by Crippen LogP contribution is -2.03. The number of carbonyl (C=O) groups is 1. The molecule has 0 aliphatic heterocycles. The maximum atomic E-state index is 11.4. The largest absolute Gasteiger partial charge is 0.506 e. The van der Waals surface area contributed by atoms with Crippen molar-refractivity contribution in [2.24, 2.45) is 0 Å². The average molecular weight is 287 g/mol. The van der Waals surface area contributed by atoms with Gasteiger partial charge in [0.05, 0.1) is 17.1 Å². The molecule has 1 N–H and O–H groups in total. The van der Waals surface area contributed by atoms with Crippen LogP contribution in [0.3, 0.4) is 0 Å². The predicted molar refractivity (Wildman–Crippen MR) is 65.9 cm³/mol. The molecule has 0 radical (unpaired) electrons. The minimum atomic E-state index is -0.398. The Labute approximate surface area is 104 Å². The summed E-state index contributed by atoms with van der Waals surface area (Å²) in [4.78, 5) is 11.4. The zero-order valence-electron chi connectivity index (χ0n) is 9.58. The zero-order valence-corrected chi connectivity index (χ0v) is 11.2. The summed E-state index contributed by atoms with van der Waals surface area (Å²) in [6, 6.07) is 3.24. The molecule has 1 rings (SSSR count). The van der Waals surface area contributed by atoms with Crippen LogP contribution < -0.4 is 0 Å². The molecule has 16 heavy (non-hydrogen) atoms. The summed E-state index contributed by atoms with van der Waals surface area (Å²) in [5.74, 6) is -0.00633. The predicted octanol–water partition coefficient (Wildman–Crippen LogP) is 3.45. The molecule has 0 aromatic heterocycles. The first-order chi connectivity index (χ1) is 7.51. The lowest BCUT2D eigenvalue weighted by Gasteiger charge is -2.13. The normalized spacial score (nSPS) is 12.2. The first-order valence-electron chi connectivity index (χ1n) is 5.12. The summed E-state index contributed by atoms with van der Waals surface area (Å²) in [6.45, 7) is 4.03. The first kappa shape index (κ1) is 13.0. The highest BCUT2D eigenvalue weighted by molar-refractivity contribution is 9.10. The van der Waals surface area contributed by atoms with Gasteiger partial charge in [0.25, 0.3) is 0 Å². The summed E-state index contributed by atoms with van der Waals surface area (Å²) < 4.78 is 5.18. The fraction of sp³-hybridized carbons (Fsp3) is 0.417. The van der Waals surface area contributed by atoms with Gasteiger partial charge < -0.3 is 9.84 Å². The summed E-state index contributed by atoms with van der Waals surface area (Å²) in [6.07, 6.45) is 0.893. The van der Waals surface area contributed by atoms with Crippen molar-refractivity contribution in [1.82, 2.24) is 0 Å². The van der Waals surface area contributed by atoms with Gasteiger partial charge in [-0.1, -0.05) is 13.8 Å². The molecule has 1 unspecified atom stereocenters. The summed E-state index contributed by atoms with van der Waals surface area (Å²) in [5.41, 5.74) is 1.21. The van der Waals surface area contributed by atoms with Crippen LogP contribution in [0.1, 0.15) is 42.1 Å². The number of phenolic OH excluding ortho intramolecular Hbond substituents is 1. The molecule has 0 spiro atoms. The van der Waals surface area contributed by atoms with Gasteiger partial charge in [-0.25, -0.2) is 4.79 Å². The van der Waals surface area contributed by atoms with Crippen molar-refractivity contribution in [3.8, 4) is 5.75 Å². The molecule has 0 heterocycles. The van der Waals surface area contributed by atoms with Crippen LogP contribution in [0.15, 0.2) is 16.6 Å². The van der Waals surface area contributed by atoms with Gasteiger partial charge in [-0.3, -0.25) is 0 Å². The minimum Gasteiger partial charge on any atom is -0.506 e. The quantitative estimate of drug-likeness (QED) is 0.866. The number of methoxy groups -OCH3 is 1. The fourth-order valence-electron chi connectivity index (χ4n) is 1.45. The summed E-state index contributed by atoms with van der Waals surface area (Å²) in [7, 11) is 1.34. The molecule has 0 aliphatic rings. The molecule has 1 atom stereocenters. The number of ether oxygens (including phenoxy) is 1. The van der Waals surface area contributed by atoms with Crippen LogP contribution in [0.25, 0.3) is 0 Å². The Kier molecular flexibility index (Phi) is 4.35. The van der Waals surface area contributed by atoms with Gasteiger partial charge in [-0.15, -0.1) is 0 Å². The van der Waals surface area contributed by atoms with E-state index >= 15 is 0 Å². The van der Waals surface area contributed by atoms with E-state index in [9.17, 15) is 9.90 Å². The maximum Gasteiger partial charge on any atom is 0.337 e. The van der Waals surface area contributed by atoms with Crippen molar-refractivity contribution in [3.05, 3.63) is 27.7 Å². The van der Waals surface area contributed by atoms with E-state index < -0.39 is 5.97 Å². The van der Waals surface area contributed by atoms with Crippen molar-refractivity contribution in [2.45, 2.75) is 26.2 Å². The van der Waals surface area contributed by atoms with Crippen molar-refractivity contribution in [1.29, 1.82) is 0 Å². The van der Waals surface area contributed by atoms with Gasteiger partial charge >= 0.3 is 5.97 Å². The Bertz CT molecular complexity index is 401. The Morgan fingerprint density at radius 2 is 2.19 bits per heavy atom. The van der Waals surface area contributed by atoms with Gasteiger partial charge in [0.15, 0.2) is 0 Å². The zero-order chi connectivity index (χ0) is 12.3. The van der Waals surface area contributed by atoms with E-state index in [2.05, 4.69) is 20.7 Å². The average Bonchev–Trinajstić information content (AvgIpc) is 2.30. The lowest BCUT2D eigenvalue weighted by molar-refractivity contribution is 0.0600. The van der Waals surface area contributed by atoms with Gasteiger partial charge in [0.1, 0.15) is 5.75 Å². The Morgan fingerprint density at radius 3 is 2.69 bits per heavy atom. The Balaban J connectivity index is 3.27. The molecular weight excluding hydrogens is 272 g/mol. The van der Waals surface area contributed by atoms with Crippen LogP contribution >= 0.6 is 15.9 Å². The highest BCUT2D eigenvalue weighted by Crippen LogP contribution is 2.35. The lowest BCUT2D eigenvalue weighted by atomic mass is 9.96. The number of hydrogen-bond acceptors (Lipinski definition) is 3. The Morgan fingerprint density at radius 1 is 1.56 bits per heavy atom.